The average molecular weight is 520 g/mol. The maximum Gasteiger partial charge on any atom is 0.282 e. The van der Waals surface area contributed by atoms with E-state index in [1.165, 1.54) is 12.1 Å². The van der Waals surface area contributed by atoms with E-state index in [2.05, 4.69) is 9.97 Å². The molecule has 5 nitrogen and oxygen atoms in total. The Balaban J connectivity index is 1.48. The third-order valence-electron chi connectivity index (χ3n) is 8.09. The smallest absolute Gasteiger partial charge is 0.282 e. The van der Waals surface area contributed by atoms with Crippen LogP contribution in [0, 0.1) is 11.7 Å². The van der Waals surface area contributed by atoms with Gasteiger partial charge in [0.1, 0.15) is 11.3 Å². The minimum Gasteiger partial charge on any atom is -0.341 e. The van der Waals surface area contributed by atoms with Crippen LogP contribution in [0.4, 0.5) is 30.7 Å². The highest BCUT2D eigenvalue weighted by atomic mass is 19.3. The van der Waals surface area contributed by atoms with Gasteiger partial charge in [-0.1, -0.05) is 6.07 Å². The van der Waals surface area contributed by atoms with Crippen molar-refractivity contribution in [2.24, 2.45) is 11.7 Å². The number of carbonyl (C=O) groups excluding carboxylic acids is 1. The van der Waals surface area contributed by atoms with Gasteiger partial charge < -0.3 is 15.6 Å². The molecular formula is C24H27F7N4O. The van der Waals surface area contributed by atoms with Crippen molar-refractivity contribution in [2.45, 2.75) is 80.6 Å². The van der Waals surface area contributed by atoms with Gasteiger partial charge in [-0.3, -0.25) is 4.79 Å². The minimum atomic E-state index is -3.06. The van der Waals surface area contributed by atoms with Gasteiger partial charge >= 0.3 is 0 Å². The molecule has 12 heteroatoms. The number of imidazole rings is 1. The second-order valence-corrected chi connectivity index (χ2v) is 10.6. The van der Waals surface area contributed by atoms with Gasteiger partial charge in [0.05, 0.1) is 30.1 Å². The standard InChI is InChI=1S/C24H27F7N4O/c25-16-14(21(7-9-23(28,29)10-8-21)20(36)35-11-24(30,31)12-35)1-2-15-18(16)34-19(33-15)17(32)13-3-5-22(26,27)6-4-13/h1-2,13,17H,3-12,32H2,(H,33,34)/t17-/m0/s1. The van der Waals surface area contributed by atoms with Crippen LogP contribution in [0.2, 0.25) is 0 Å². The summed E-state index contributed by atoms with van der Waals surface area (Å²) in [5, 5.41) is 0. The second kappa shape index (κ2) is 8.32. The van der Waals surface area contributed by atoms with Crippen molar-refractivity contribution in [2.75, 3.05) is 13.1 Å². The van der Waals surface area contributed by atoms with Crippen molar-refractivity contribution in [3.63, 3.8) is 0 Å². The maximum absolute atomic E-state index is 15.9. The Hall–Kier alpha value is -2.37. The number of hydrogen-bond acceptors (Lipinski definition) is 3. The SMILES string of the molecule is N[C@H](c1nc2c(F)c(C3(C(=O)N4CC(F)(F)C4)CCC(F)(F)CC3)ccc2[nH]1)C1CCC(F)(F)CC1. The average Bonchev–Trinajstić information content (AvgIpc) is 3.23. The molecule has 0 spiro atoms. The van der Waals surface area contributed by atoms with E-state index in [9.17, 15) is 31.1 Å². The van der Waals surface area contributed by atoms with E-state index in [1.54, 1.807) is 0 Å². The van der Waals surface area contributed by atoms with Crippen LogP contribution in [0.3, 0.4) is 0 Å². The number of halogens is 7. The molecule has 198 valence electrons. The van der Waals surface area contributed by atoms with Crippen molar-refractivity contribution in [1.82, 2.24) is 14.9 Å². The zero-order valence-electron chi connectivity index (χ0n) is 19.4. The lowest BCUT2D eigenvalue weighted by atomic mass is 9.66. The first kappa shape index (κ1) is 25.3. The van der Waals surface area contributed by atoms with Gasteiger partial charge in [-0.2, -0.15) is 0 Å². The third-order valence-corrected chi connectivity index (χ3v) is 8.09. The zero-order valence-corrected chi connectivity index (χ0v) is 19.4. The Labute approximate surface area is 202 Å². The molecule has 36 heavy (non-hydrogen) atoms. The molecule has 3 aliphatic rings. The number of likely N-dealkylation sites (tertiary alicyclic amines) is 1. The molecule has 1 saturated heterocycles. The Morgan fingerprint density at radius 2 is 1.53 bits per heavy atom. The van der Waals surface area contributed by atoms with Crippen molar-refractivity contribution < 1.29 is 35.5 Å². The second-order valence-electron chi connectivity index (χ2n) is 10.6. The Bertz CT molecular complexity index is 1150. The molecule has 0 unspecified atom stereocenters. The Morgan fingerprint density at radius 1 is 0.944 bits per heavy atom. The van der Waals surface area contributed by atoms with E-state index >= 15 is 4.39 Å². The van der Waals surface area contributed by atoms with Crippen LogP contribution in [-0.4, -0.2) is 51.6 Å². The summed E-state index contributed by atoms with van der Waals surface area (Å²) in [6.45, 7) is -1.68. The van der Waals surface area contributed by atoms with Crippen molar-refractivity contribution >= 4 is 16.9 Å². The quantitative estimate of drug-likeness (QED) is 0.527. The maximum atomic E-state index is 15.9. The van der Waals surface area contributed by atoms with Crippen LogP contribution in [0.25, 0.3) is 11.0 Å². The number of aromatic nitrogens is 2. The molecule has 2 aromatic rings. The zero-order chi connectivity index (χ0) is 26.1. The van der Waals surface area contributed by atoms with E-state index in [0.29, 0.717) is 0 Å². The fraction of sp³-hybridized carbons (Fsp3) is 0.667. The molecule has 1 aromatic heterocycles. The Kier molecular flexibility index (Phi) is 5.85. The van der Waals surface area contributed by atoms with E-state index in [1.807, 2.05) is 0 Å². The topological polar surface area (TPSA) is 75.0 Å². The number of fused-ring (bicyclic) bond motifs is 1. The number of nitrogens with two attached hydrogens (primary N) is 1. The highest BCUT2D eigenvalue weighted by molar-refractivity contribution is 5.91. The molecule has 3 fully saturated rings. The number of nitrogens with one attached hydrogen (secondary N) is 1. The van der Waals surface area contributed by atoms with Crippen molar-refractivity contribution in [3.05, 3.63) is 29.3 Å². The van der Waals surface area contributed by atoms with Crippen molar-refractivity contribution in [1.29, 1.82) is 0 Å². The molecule has 0 radical (unpaired) electrons. The number of alkyl halides is 6. The number of carbonyl (C=O) groups is 1. The fourth-order valence-electron chi connectivity index (χ4n) is 5.83. The number of rotatable bonds is 4. The number of H-pyrrole nitrogens is 1. The van der Waals surface area contributed by atoms with Gasteiger partial charge in [0.2, 0.25) is 17.8 Å². The van der Waals surface area contributed by atoms with Crippen LogP contribution < -0.4 is 5.73 Å². The summed E-state index contributed by atoms with van der Waals surface area (Å²) >= 11 is 0. The summed E-state index contributed by atoms with van der Waals surface area (Å²) in [4.78, 5) is 21.4. The van der Waals surface area contributed by atoms with E-state index in [4.69, 9.17) is 5.73 Å². The first-order chi connectivity index (χ1) is 16.7. The van der Waals surface area contributed by atoms with E-state index < -0.39 is 79.7 Å². The fourth-order valence-corrected chi connectivity index (χ4v) is 5.83. The van der Waals surface area contributed by atoms with E-state index in [0.717, 1.165) is 4.90 Å². The number of hydrogen-bond donors (Lipinski definition) is 2. The number of nitrogens with zero attached hydrogens (tertiary/aromatic N) is 2. The summed E-state index contributed by atoms with van der Waals surface area (Å²) < 4.78 is 97.9. The van der Waals surface area contributed by atoms with Crippen molar-refractivity contribution in [3.8, 4) is 0 Å². The predicted octanol–water partition coefficient (Wildman–Crippen LogP) is 5.45. The van der Waals surface area contributed by atoms with Crippen LogP contribution >= 0.6 is 0 Å². The van der Waals surface area contributed by atoms with Gasteiger partial charge in [0.25, 0.3) is 5.92 Å². The summed E-state index contributed by atoms with van der Waals surface area (Å²) in [5.74, 6) is -10.6. The Morgan fingerprint density at radius 3 is 2.11 bits per heavy atom. The molecular weight excluding hydrogens is 493 g/mol. The lowest BCUT2D eigenvalue weighted by Crippen LogP contribution is -2.63. The molecule has 5 rings (SSSR count). The number of aromatic amines is 1. The molecule has 1 aromatic carbocycles. The minimum absolute atomic E-state index is 0.155. The normalized spacial score (nSPS) is 25.9. The highest BCUT2D eigenvalue weighted by Crippen LogP contribution is 2.49. The van der Waals surface area contributed by atoms with Gasteiger partial charge in [-0.25, -0.2) is 35.7 Å². The predicted molar refractivity (Wildman–Crippen MR) is 117 cm³/mol. The van der Waals surface area contributed by atoms with Crippen LogP contribution in [0.1, 0.15) is 68.8 Å². The molecule has 2 heterocycles. The first-order valence-corrected chi connectivity index (χ1v) is 12.1. The van der Waals surface area contributed by atoms with Crippen LogP contribution in [0.5, 0.6) is 0 Å². The molecule has 0 bridgehead atoms. The van der Waals surface area contributed by atoms with Gasteiger partial charge in [-0.05, 0) is 37.7 Å². The lowest BCUT2D eigenvalue weighted by molar-refractivity contribution is -0.175. The molecule has 2 saturated carbocycles. The molecule has 1 atom stereocenters. The lowest BCUT2D eigenvalue weighted by Gasteiger charge is -2.47. The molecule has 1 amide bonds. The van der Waals surface area contributed by atoms with Gasteiger partial charge in [0.15, 0.2) is 5.82 Å². The monoisotopic (exact) mass is 520 g/mol. The van der Waals surface area contributed by atoms with Gasteiger partial charge in [-0.15, -0.1) is 0 Å². The molecule has 3 N–H and O–H groups in total. The summed E-state index contributed by atoms with van der Waals surface area (Å²) in [7, 11) is 0. The summed E-state index contributed by atoms with van der Waals surface area (Å²) in [6, 6.07) is 2.02. The van der Waals surface area contributed by atoms with Crippen LogP contribution in [0.15, 0.2) is 12.1 Å². The summed E-state index contributed by atoms with van der Waals surface area (Å²) in [6.07, 6.45) is -2.36. The highest BCUT2D eigenvalue weighted by Gasteiger charge is 2.56. The largest absolute Gasteiger partial charge is 0.341 e. The number of amides is 1. The number of benzene rings is 1. The van der Waals surface area contributed by atoms with Crippen LogP contribution in [-0.2, 0) is 10.2 Å². The third kappa shape index (κ3) is 4.35. The van der Waals surface area contributed by atoms with E-state index in [-0.39, 0.29) is 54.0 Å². The molecule has 1 aliphatic heterocycles. The summed E-state index contributed by atoms with van der Waals surface area (Å²) in [5.41, 5.74) is 4.50. The first-order valence-electron chi connectivity index (χ1n) is 12.1. The van der Waals surface area contributed by atoms with Gasteiger partial charge in [0, 0.05) is 31.2 Å². The molecule has 2 aliphatic carbocycles.